The number of aryl methyl sites for hydroxylation is 4. The topological polar surface area (TPSA) is 49.4 Å². The molecule has 0 saturated carbocycles. The van der Waals surface area contributed by atoms with Crippen LogP contribution in [0.5, 0.6) is 0 Å². The highest BCUT2D eigenvalue weighted by atomic mass is 35.5. The Morgan fingerprint density at radius 1 is 0.774 bits per heavy atom. The number of anilines is 2. The number of halogens is 1. The minimum absolute atomic E-state index is 0.255. The Bertz CT molecular complexity index is 1260. The number of carbonyl (C=O) groups is 2. The number of nitrogens with one attached hydrogen (secondary N) is 1. The van der Waals surface area contributed by atoms with E-state index in [9.17, 15) is 9.59 Å². The van der Waals surface area contributed by atoms with Crippen molar-refractivity contribution < 1.29 is 9.59 Å². The van der Waals surface area contributed by atoms with Gasteiger partial charge in [-0.2, -0.15) is 0 Å². The Hall–Kier alpha value is -3.37. The second kappa shape index (κ2) is 8.05. The van der Waals surface area contributed by atoms with E-state index in [1.165, 1.54) is 4.90 Å². The average molecular weight is 431 g/mol. The van der Waals surface area contributed by atoms with Crippen LogP contribution in [0.1, 0.15) is 27.8 Å². The van der Waals surface area contributed by atoms with E-state index >= 15 is 0 Å². The van der Waals surface area contributed by atoms with E-state index < -0.39 is 0 Å². The van der Waals surface area contributed by atoms with E-state index in [0.29, 0.717) is 22.0 Å². The summed E-state index contributed by atoms with van der Waals surface area (Å²) < 4.78 is 0. The number of benzene rings is 3. The Kier molecular flexibility index (Phi) is 5.42. The molecule has 5 heteroatoms. The van der Waals surface area contributed by atoms with Crippen LogP contribution >= 0.6 is 11.6 Å². The number of hydrogen-bond acceptors (Lipinski definition) is 3. The Morgan fingerprint density at radius 2 is 1.52 bits per heavy atom. The van der Waals surface area contributed by atoms with Crippen LogP contribution in [0.2, 0.25) is 5.02 Å². The minimum atomic E-state index is -0.381. The molecule has 1 aliphatic heterocycles. The molecule has 1 N–H and O–H groups in total. The molecule has 3 aromatic rings. The lowest BCUT2D eigenvalue weighted by atomic mass is 9.97. The Balaban J connectivity index is 1.91. The van der Waals surface area contributed by atoms with Gasteiger partial charge in [0.05, 0.1) is 11.3 Å². The zero-order valence-electron chi connectivity index (χ0n) is 17.9. The second-order valence-corrected chi connectivity index (χ2v) is 8.32. The fraction of sp³-hybridized carbons (Fsp3) is 0.154. The van der Waals surface area contributed by atoms with E-state index in [4.69, 9.17) is 11.6 Å². The summed E-state index contributed by atoms with van der Waals surface area (Å²) in [5.41, 5.74) is 6.44. The van der Waals surface area contributed by atoms with Crippen molar-refractivity contribution in [3.05, 3.63) is 99.2 Å². The first-order valence-corrected chi connectivity index (χ1v) is 10.4. The SMILES string of the molecule is Cc1ccc(C2=C(Nc3cc(Cl)ccc3C)C(=O)N(c3ccccc3C)C2=O)c(C)c1. The summed E-state index contributed by atoms with van der Waals surface area (Å²) in [7, 11) is 0. The van der Waals surface area contributed by atoms with Crippen LogP contribution < -0.4 is 10.2 Å². The van der Waals surface area contributed by atoms with Crippen molar-refractivity contribution in [3.63, 3.8) is 0 Å². The number of rotatable bonds is 4. The van der Waals surface area contributed by atoms with E-state index in [0.717, 1.165) is 27.8 Å². The van der Waals surface area contributed by atoms with Crippen LogP contribution in [0.25, 0.3) is 5.57 Å². The van der Waals surface area contributed by atoms with Gasteiger partial charge < -0.3 is 5.32 Å². The fourth-order valence-corrected chi connectivity index (χ4v) is 4.06. The first-order chi connectivity index (χ1) is 14.8. The van der Waals surface area contributed by atoms with Crippen molar-refractivity contribution in [3.8, 4) is 0 Å². The first-order valence-electron chi connectivity index (χ1n) is 10.1. The van der Waals surface area contributed by atoms with E-state index in [-0.39, 0.29) is 17.5 Å². The first kappa shape index (κ1) is 20.9. The standard InChI is InChI=1S/C26H23ClN2O2/c1-15-9-12-20(18(4)13-15)23-24(28-21-14-19(27)11-10-16(21)2)26(31)29(25(23)30)22-8-6-5-7-17(22)3/h5-14,28H,1-4H3. The molecule has 4 nitrogen and oxygen atoms in total. The number of imide groups is 1. The summed E-state index contributed by atoms with van der Waals surface area (Å²) >= 11 is 6.19. The van der Waals surface area contributed by atoms with Gasteiger partial charge in [-0.3, -0.25) is 9.59 Å². The molecule has 0 unspecified atom stereocenters. The molecular weight excluding hydrogens is 408 g/mol. The van der Waals surface area contributed by atoms with Gasteiger partial charge in [0.15, 0.2) is 0 Å². The van der Waals surface area contributed by atoms with Gasteiger partial charge in [0.25, 0.3) is 11.8 Å². The van der Waals surface area contributed by atoms with Crippen molar-refractivity contribution in [1.82, 2.24) is 0 Å². The highest BCUT2D eigenvalue weighted by Crippen LogP contribution is 2.37. The predicted octanol–water partition coefficient (Wildman–Crippen LogP) is 5.97. The molecular formula is C26H23ClN2O2. The lowest BCUT2D eigenvalue weighted by molar-refractivity contribution is -0.120. The molecule has 0 spiro atoms. The molecule has 3 aromatic carbocycles. The van der Waals surface area contributed by atoms with Gasteiger partial charge in [-0.05, 0) is 68.1 Å². The van der Waals surface area contributed by atoms with Gasteiger partial charge in [-0.1, -0.05) is 59.6 Å². The maximum absolute atomic E-state index is 13.6. The molecule has 31 heavy (non-hydrogen) atoms. The van der Waals surface area contributed by atoms with Gasteiger partial charge in [0, 0.05) is 10.7 Å². The van der Waals surface area contributed by atoms with Crippen LogP contribution in [-0.2, 0) is 9.59 Å². The third kappa shape index (κ3) is 3.75. The second-order valence-electron chi connectivity index (χ2n) is 7.88. The monoisotopic (exact) mass is 430 g/mol. The molecule has 2 amide bonds. The highest BCUT2D eigenvalue weighted by Gasteiger charge is 2.41. The van der Waals surface area contributed by atoms with Crippen molar-refractivity contribution in [2.24, 2.45) is 0 Å². The van der Waals surface area contributed by atoms with Crippen molar-refractivity contribution in [2.75, 3.05) is 10.2 Å². The van der Waals surface area contributed by atoms with Gasteiger partial charge in [0.2, 0.25) is 0 Å². The van der Waals surface area contributed by atoms with E-state index in [1.54, 1.807) is 18.2 Å². The zero-order chi connectivity index (χ0) is 22.3. The number of hydrogen-bond donors (Lipinski definition) is 1. The largest absolute Gasteiger partial charge is 0.350 e. The van der Waals surface area contributed by atoms with Gasteiger partial charge in [-0.25, -0.2) is 4.90 Å². The van der Waals surface area contributed by atoms with Crippen LogP contribution in [0.3, 0.4) is 0 Å². The third-order valence-corrected chi connectivity index (χ3v) is 5.79. The number of amides is 2. The van der Waals surface area contributed by atoms with E-state index in [1.807, 2.05) is 70.2 Å². The molecule has 0 radical (unpaired) electrons. The summed E-state index contributed by atoms with van der Waals surface area (Å²) in [6.07, 6.45) is 0. The quantitative estimate of drug-likeness (QED) is 0.518. The number of carbonyl (C=O) groups excluding carboxylic acids is 2. The molecule has 1 heterocycles. The van der Waals surface area contributed by atoms with Crippen LogP contribution in [-0.4, -0.2) is 11.8 Å². The highest BCUT2D eigenvalue weighted by molar-refractivity contribution is 6.46. The molecule has 156 valence electrons. The molecule has 0 saturated heterocycles. The smallest absolute Gasteiger partial charge is 0.282 e. The number of para-hydroxylation sites is 1. The molecule has 0 aromatic heterocycles. The summed E-state index contributed by atoms with van der Waals surface area (Å²) in [6, 6.07) is 18.7. The zero-order valence-corrected chi connectivity index (χ0v) is 18.7. The Morgan fingerprint density at radius 3 is 2.23 bits per heavy atom. The summed E-state index contributed by atoms with van der Waals surface area (Å²) in [6.45, 7) is 7.77. The third-order valence-electron chi connectivity index (χ3n) is 5.55. The van der Waals surface area contributed by atoms with Crippen molar-refractivity contribution >= 4 is 40.4 Å². The maximum atomic E-state index is 13.6. The lowest BCUT2D eigenvalue weighted by Crippen LogP contribution is -2.33. The summed E-state index contributed by atoms with van der Waals surface area (Å²) in [5, 5.41) is 3.77. The molecule has 0 bridgehead atoms. The predicted molar refractivity (Wildman–Crippen MR) is 126 cm³/mol. The summed E-state index contributed by atoms with van der Waals surface area (Å²) in [4.78, 5) is 28.5. The van der Waals surface area contributed by atoms with Gasteiger partial charge in [0.1, 0.15) is 5.70 Å². The molecule has 1 aliphatic rings. The van der Waals surface area contributed by atoms with E-state index in [2.05, 4.69) is 5.32 Å². The van der Waals surface area contributed by atoms with Crippen LogP contribution in [0, 0.1) is 27.7 Å². The minimum Gasteiger partial charge on any atom is -0.350 e. The van der Waals surface area contributed by atoms with Crippen LogP contribution in [0.15, 0.2) is 66.4 Å². The molecule has 0 atom stereocenters. The fourth-order valence-electron chi connectivity index (χ4n) is 3.89. The molecule has 0 fully saturated rings. The average Bonchev–Trinajstić information content (AvgIpc) is 2.95. The molecule has 0 aliphatic carbocycles. The van der Waals surface area contributed by atoms with Crippen LogP contribution in [0.4, 0.5) is 11.4 Å². The van der Waals surface area contributed by atoms with Crippen molar-refractivity contribution in [1.29, 1.82) is 0 Å². The number of nitrogens with zero attached hydrogens (tertiary/aromatic N) is 1. The Labute approximate surface area is 187 Å². The molecule has 4 rings (SSSR count). The maximum Gasteiger partial charge on any atom is 0.282 e. The summed E-state index contributed by atoms with van der Waals surface area (Å²) in [5.74, 6) is -0.720. The lowest BCUT2D eigenvalue weighted by Gasteiger charge is -2.18. The van der Waals surface area contributed by atoms with Crippen molar-refractivity contribution in [2.45, 2.75) is 27.7 Å². The normalized spacial score (nSPS) is 13.9. The van der Waals surface area contributed by atoms with Gasteiger partial charge in [-0.15, -0.1) is 0 Å². The van der Waals surface area contributed by atoms with Gasteiger partial charge >= 0.3 is 0 Å².